The molecule has 2 amide bonds. The molecule has 8 rings (SSSR count). The molecule has 42 heavy (non-hydrogen) atoms. The molecule has 0 spiro atoms. The standard InChI is InChI=1S/C37H26N2O2Si/c1-38-36(40)28-18-12-17-27-30(24-23-29(35(27)28)37(38)41)39-31-19-8-10-21-33(31)42(25-13-4-2-5-14-25,26-15-6-3-7-16-26)34-22-11-9-20-32(34)39/h2-24H,1H3. The van der Waals surface area contributed by atoms with Crippen LogP contribution in [0.1, 0.15) is 20.7 Å². The van der Waals surface area contributed by atoms with Crippen LogP contribution < -0.4 is 25.6 Å². The smallest absolute Gasteiger partial charge is 0.261 e. The van der Waals surface area contributed by atoms with E-state index in [1.807, 2.05) is 30.3 Å². The number of amides is 2. The lowest BCUT2D eigenvalue weighted by Gasteiger charge is -2.45. The SMILES string of the molecule is CN1C(=O)c2cccc3c(N4c5ccccc5[Si](c5ccccc5)(c5ccccc5)c5ccccc54)ccc(c23)C1=O. The summed E-state index contributed by atoms with van der Waals surface area (Å²) in [7, 11) is -1.17. The van der Waals surface area contributed by atoms with Crippen LogP contribution in [0.2, 0.25) is 0 Å². The third kappa shape index (κ3) is 3.17. The molecule has 0 atom stereocenters. The number of benzene rings is 6. The van der Waals surface area contributed by atoms with Gasteiger partial charge in [0.1, 0.15) is 0 Å². The van der Waals surface area contributed by atoms with Crippen molar-refractivity contribution >= 4 is 68.5 Å². The molecule has 0 unspecified atom stereocenters. The van der Waals surface area contributed by atoms with Crippen molar-refractivity contribution in [3.8, 4) is 0 Å². The van der Waals surface area contributed by atoms with Gasteiger partial charge in [0.2, 0.25) is 0 Å². The first-order valence-electron chi connectivity index (χ1n) is 14.1. The van der Waals surface area contributed by atoms with E-state index < -0.39 is 8.07 Å². The summed E-state index contributed by atoms with van der Waals surface area (Å²) < 4.78 is 0. The van der Waals surface area contributed by atoms with Crippen LogP contribution >= 0.6 is 0 Å². The lowest BCUT2D eigenvalue weighted by molar-refractivity contribution is 0.0650. The number of carbonyl (C=O) groups is 2. The van der Waals surface area contributed by atoms with E-state index in [1.54, 1.807) is 7.05 Å². The molecule has 0 bridgehead atoms. The number of rotatable bonds is 3. The zero-order valence-electron chi connectivity index (χ0n) is 23.0. The zero-order chi connectivity index (χ0) is 28.4. The molecule has 6 aromatic rings. The maximum atomic E-state index is 13.2. The first kappa shape index (κ1) is 24.5. The topological polar surface area (TPSA) is 40.6 Å². The quantitative estimate of drug-likeness (QED) is 0.220. The Morgan fingerprint density at radius 3 is 1.55 bits per heavy atom. The van der Waals surface area contributed by atoms with Gasteiger partial charge in [-0.25, -0.2) is 0 Å². The summed E-state index contributed by atoms with van der Waals surface area (Å²) in [5, 5.41) is 6.86. The van der Waals surface area contributed by atoms with E-state index >= 15 is 0 Å². The molecule has 2 aliphatic heterocycles. The number of para-hydroxylation sites is 2. The lowest BCUT2D eigenvalue weighted by atomic mass is 9.92. The van der Waals surface area contributed by atoms with Crippen molar-refractivity contribution in [3.63, 3.8) is 0 Å². The molecular formula is C37H26N2O2Si. The minimum atomic E-state index is -2.72. The maximum absolute atomic E-state index is 13.2. The van der Waals surface area contributed by atoms with E-state index in [2.05, 4.69) is 114 Å². The number of hydrogen-bond donors (Lipinski definition) is 0. The second-order valence-corrected chi connectivity index (χ2v) is 14.6. The Morgan fingerprint density at radius 2 is 0.976 bits per heavy atom. The molecule has 0 aromatic heterocycles. The molecular weight excluding hydrogens is 533 g/mol. The van der Waals surface area contributed by atoms with Crippen LogP contribution in [0.3, 0.4) is 0 Å². The molecule has 4 nitrogen and oxygen atoms in total. The van der Waals surface area contributed by atoms with Crippen molar-refractivity contribution in [2.45, 2.75) is 0 Å². The number of hydrogen-bond acceptors (Lipinski definition) is 3. The predicted molar refractivity (Wildman–Crippen MR) is 172 cm³/mol. The normalized spacial score (nSPS) is 15.0. The van der Waals surface area contributed by atoms with E-state index in [0.29, 0.717) is 11.1 Å². The fourth-order valence-electron chi connectivity index (χ4n) is 7.07. The fourth-order valence-corrected chi connectivity index (χ4v) is 12.2. The van der Waals surface area contributed by atoms with E-state index in [9.17, 15) is 9.59 Å². The Hall–Kier alpha value is -5.26. The molecule has 0 N–H and O–H groups in total. The van der Waals surface area contributed by atoms with Gasteiger partial charge in [0, 0.05) is 40.3 Å². The van der Waals surface area contributed by atoms with Gasteiger partial charge in [-0.2, -0.15) is 0 Å². The van der Waals surface area contributed by atoms with Crippen molar-refractivity contribution in [1.82, 2.24) is 4.90 Å². The summed E-state index contributed by atoms with van der Waals surface area (Å²) in [6.07, 6.45) is 0. The minimum Gasteiger partial charge on any atom is -0.310 e. The Labute approximate surface area is 245 Å². The zero-order valence-corrected chi connectivity index (χ0v) is 24.0. The monoisotopic (exact) mass is 558 g/mol. The fraction of sp³-hybridized carbons (Fsp3) is 0.0270. The molecule has 0 saturated carbocycles. The van der Waals surface area contributed by atoms with Crippen LogP contribution in [0.25, 0.3) is 10.8 Å². The van der Waals surface area contributed by atoms with Gasteiger partial charge in [0.15, 0.2) is 8.07 Å². The first-order valence-corrected chi connectivity index (χ1v) is 16.1. The molecule has 200 valence electrons. The number of carbonyl (C=O) groups excluding carboxylic acids is 2. The van der Waals surface area contributed by atoms with E-state index in [-0.39, 0.29) is 11.8 Å². The molecule has 2 heterocycles. The summed E-state index contributed by atoms with van der Waals surface area (Å²) in [6.45, 7) is 0. The van der Waals surface area contributed by atoms with E-state index in [1.165, 1.54) is 25.6 Å². The first-order chi connectivity index (χ1) is 20.6. The van der Waals surface area contributed by atoms with Gasteiger partial charge in [-0.3, -0.25) is 14.5 Å². The van der Waals surface area contributed by atoms with Crippen molar-refractivity contribution in [3.05, 3.63) is 151 Å². The predicted octanol–water partition coefficient (Wildman–Crippen LogP) is 5.23. The summed E-state index contributed by atoms with van der Waals surface area (Å²) in [6, 6.07) is 49.0. The highest BCUT2D eigenvalue weighted by Gasteiger charge is 2.48. The Bertz CT molecular complexity index is 1940. The van der Waals surface area contributed by atoms with Crippen LogP contribution in [0.4, 0.5) is 17.1 Å². The molecule has 0 aliphatic carbocycles. The van der Waals surface area contributed by atoms with E-state index in [4.69, 9.17) is 0 Å². The largest absolute Gasteiger partial charge is 0.310 e. The summed E-state index contributed by atoms with van der Waals surface area (Å²) in [4.78, 5) is 29.9. The van der Waals surface area contributed by atoms with Gasteiger partial charge in [0.05, 0.1) is 5.69 Å². The third-order valence-electron chi connectivity index (χ3n) is 8.84. The number of nitrogens with zero attached hydrogens (tertiary/aromatic N) is 2. The Balaban J connectivity index is 1.49. The maximum Gasteiger partial charge on any atom is 0.261 e. The summed E-state index contributed by atoms with van der Waals surface area (Å²) >= 11 is 0. The second-order valence-electron chi connectivity index (χ2n) is 10.9. The Morgan fingerprint density at radius 1 is 0.476 bits per heavy atom. The summed E-state index contributed by atoms with van der Waals surface area (Å²) in [5.41, 5.74) is 4.29. The van der Waals surface area contributed by atoms with Crippen molar-refractivity contribution in [2.75, 3.05) is 11.9 Å². The van der Waals surface area contributed by atoms with Gasteiger partial charge in [-0.05, 0) is 51.1 Å². The highest BCUT2D eigenvalue weighted by Crippen LogP contribution is 2.43. The number of fused-ring (bicyclic) bond motifs is 2. The molecule has 5 heteroatoms. The number of anilines is 3. The second kappa shape index (κ2) is 9.13. The highest BCUT2D eigenvalue weighted by atomic mass is 28.3. The van der Waals surface area contributed by atoms with Crippen LogP contribution in [0.5, 0.6) is 0 Å². The van der Waals surface area contributed by atoms with Crippen molar-refractivity contribution in [1.29, 1.82) is 0 Å². The molecule has 2 aliphatic rings. The summed E-state index contributed by atoms with van der Waals surface area (Å²) in [5.74, 6) is -0.538. The minimum absolute atomic E-state index is 0.269. The van der Waals surface area contributed by atoms with Gasteiger partial charge < -0.3 is 4.90 Å². The van der Waals surface area contributed by atoms with Gasteiger partial charge >= 0.3 is 0 Å². The average molecular weight is 559 g/mol. The average Bonchev–Trinajstić information content (AvgIpc) is 3.06. The van der Waals surface area contributed by atoms with Crippen molar-refractivity contribution in [2.24, 2.45) is 0 Å². The molecule has 6 aromatic carbocycles. The van der Waals surface area contributed by atoms with Gasteiger partial charge in [-0.1, -0.05) is 109 Å². The highest BCUT2D eigenvalue weighted by molar-refractivity contribution is 7.21. The Kier molecular flexibility index (Phi) is 5.33. The van der Waals surface area contributed by atoms with Gasteiger partial charge in [0.25, 0.3) is 11.8 Å². The number of imide groups is 1. The lowest BCUT2D eigenvalue weighted by Crippen LogP contribution is -2.77. The van der Waals surface area contributed by atoms with Gasteiger partial charge in [-0.15, -0.1) is 0 Å². The van der Waals surface area contributed by atoms with Crippen LogP contribution in [-0.2, 0) is 0 Å². The van der Waals surface area contributed by atoms with Crippen LogP contribution in [-0.4, -0.2) is 31.8 Å². The molecule has 0 radical (unpaired) electrons. The van der Waals surface area contributed by atoms with Crippen molar-refractivity contribution < 1.29 is 9.59 Å². The van der Waals surface area contributed by atoms with Crippen LogP contribution in [0.15, 0.2) is 140 Å². The molecule has 0 fully saturated rings. The third-order valence-corrected chi connectivity index (χ3v) is 13.7. The van der Waals surface area contributed by atoms with E-state index in [0.717, 1.165) is 27.8 Å². The molecule has 0 saturated heterocycles. The van der Waals surface area contributed by atoms with Crippen LogP contribution in [0, 0.1) is 0 Å².